The Morgan fingerprint density at radius 3 is 2.72 bits per heavy atom. The van der Waals surface area contributed by atoms with Gasteiger partial charge in [0.1, 0.15) is 5.60 Å². The normalized spacial score (nSPS) is 13.6. The molecule has 0 aromatic heterocycles. The molecule has 0 radical (unpaired) electrons. The Labute approximate surface area is 109 Å². The van der Waals surface area contributed by atoms with Gasteiger partial charge in [-0.25, -0.2) is 4.79 Å². The van der Waals surface area contributed by atoms with Crippen molar-refractivity contribution in [1.82, 2.24) is 5.32 Å². The van der Waals surface area contributed by atoms with Crippen molar-refractivity contribution in [2.24, 2.45) is 0 Å². The van der Waals surface area contributed by atoms with Crippen molar-refractivity contribution in [1.29, 1.82) is 0 Å². The molecule has 0 unspecified atom stereocenters. The zero-order chi connectivity index (χ0) is 14.3. The number of rotatable bonds is 4. The van der Waals surface area contributed by atoms with Crippen molar-refractivity contribution < 1.29 is 16.0 Å². The van der Waals surface area contributed by atoms with Gasteiger partial charge in [0.25, 0.3) is 0 Å². The van der Waals surface area contributed by atoms with Gasteiger partial charge < -0.3 is 15.2 Å². The highest BCUT2D eigenvalue weighted by molar-refractivity contribution is 5.68. The van der Waals surface area contributed by atoms with Crippen molar-refractivity contribution >= 4 is 6.09 Å². The molecule has 0 heterocycles. The van der Waals surface area contributed by atoms with Crippen LogP contribution < -0.4 is 5.32 Å². The van der Waals surface area contributed by atoms with E-state index in [1.54, 1.807) is 13.8 Å². The highest BCUT2D eigenvalue weighted by atomic mass is 16.6. The van der Waals surface area contributed by atoms with Crippen LogP contribution in [0.2, 0.25) is 0 Å². The minimum atomic E-state index is -0.823. The summed E-state index contributed by atoms with van der Waals surface area (Å²) in [4.78, 5) is 11.6. The minimum absolute atomic E-state index is 0.0110. The molecule has 0 fully saturated rings. The Morgan fingerprint density at radius 1 is 1.50 bits per heavy atom. The second-order valence-electron chi connectivity index (χ2n) is 4.86. The number of aliphatic hydroxyl groups is 1. The Morgan fingerprint density at radius 2 is 2.17 bits per heavy atom. The summed E-state index contributed by atoms with van der Waals surface area (Å²) in [5, 5.41) is 11.9. The first-order chi connectivity index (χ1) is 8.96. The van der Waals surface area contributed by atoms with Crippen molar-refractivity contribution in [3.63, 3.8) is 0 Å². The first-order valence-electron chi connectivity index (χ1n) is 6.61. The summed E-state index contributed by atoms with van der Waals surface area (Å²) in [5.74, 6) is 0. The summed E-state index contributed by atoms with van der Waals surface area (Å²) in [7, 11) is 0. The van der Waals surface area contributed by atoms with E-state index in [0.29, 0.717) is 6.42 Å². The maximum atomic E-state index is 11.6. The number of benzene rings is 1. The molecule has 0 spiro atoms. The van der Waals surface area contributed by atoms with Crippen LogP contribution in [0.5, 0.6) is 0 Å². The Kier molecular flexibility index (Phi) is 4.59. The van der Waals surface area contributed by atoms with Gasteiger partial charge in [0.05, 0.1) is 12.6 Å². The third-order valence-electron chi connectivity index (χ3n) is 2.24. The number of aliphatic hydroxyl groups excluding tert-OH is 1. The molecular weight excluding hydrogens is 230 g/mol. The summed E-state index contributed by atoms with van der Waals surface area (Å²) in [6.07, 6.45) is -0.0690. The third-order valence-corrected chi connectivity index (χ3v) is 2.24. The number of hydrogen-bond donors (Lipinski definition) is 2. The summed E-state index contributed by atoms with van der Waals surface area (Å²) in [6.45, 7) is 3.17. The van der Waals surface area contributed by atoms with E-state index in [-0.39, 0.29) is 13.5 Å². The summed E-state index contributed by atoms with van der Waals surface area (Å²) < 4.78 is 12.4. The average molecular weight is 252 g/mol. The lowest BCUT2D eigenvalue weighted by atomic mass is 10.1. The summed E-state index contributed by atoms with van der Waals surface area (Å²) in [5.41, 5.74) is 0.207. The van der Waals surface area contributed by atoms with E-state index in [9.17, 15) is 9.90 Å². The van der Waals surface area contributed by atoms with Crippen LogP contribution >= 0.6 is 0 Å². The quantitative estimate of drug-likeness (QED) is 0.863. The van der Waals surface area contributed by atoms with Gasteiger partial charge in [-0.2, -0.15) is 0 Å². The van der Waals surface area contributed by atoms with Crippen molar-refractivity contribution in [2.45, 2.75) is 38.8 Å². The van der Waals surface area contributed by atoms with Gasteiger partial charge in [-0.05, 0) is 32.7 Å². The van der Waals surface area contributed by atoms with E-state index < -0.39 is 17.7 Å². The predicted octanol–water partition coefficient (Wildman–Crippen LogP) is 2.11. The average Bonchev–Trinajstić information content (AvgIpc) is 2.38. The molecule has 1 amide bonds. The van der Waals surface area contributed by atoms with Crippen molar-refractivity contribution in [3.05, 3.63) is 35.9 Å². The monoisotopic (exact) mass is 252 g/mol. The Balaban J connectivity index is 2.51. The lowest BCUT2D eigenvalue weighted by Gasteiger charge is -2.22. The fourth-order valence-corrected chi connectivity index (χ4v) is 1.51. The second-order valence-corrected chi connectivity index (χ2v) is 4.86. The molecule has 0 aliphatic rings. The first-order valence-corrected chi connectivity index (χ1v) is 5.90. The third kappa shape index (κ3) is 5.68. The topological polar surface area (TPSA) is 58.6 Å². The van der Waals surface area contributed by atoms with Gasteiger partial charge in [-0.3, -0.25) is 0 Å². The van der Waals surface area contributed by atoms with Gasteiger partial charge in [-0.1, -0.05) is 30.3 Å². The van der Waals surface area contributed by atoms with E-state index in [4.69, 9.17) is 6.11 Å². The first kappa shape index (κ1) is 12.9. The van der Waals surface area contributed by atoms with E-state index in [1.807, 2.05) is 30.3 Å². The number of alkyl carbamates (subject to hydrolysis) is 1. The highest BCUT2D eigenvalue weighted by Gasteiger charge is 2.19. The maximum absolute atomic E-state index is 11.6. The van der Waals surface area contributed by atoms with Crippen LogP contribution in [0.1, 0.15) is 27.7 Å². The maximum Gasteiger partial charge on any atom is 0.407 e. The molecule has 1 aromatic rings. The zero-order valence-corrected chi connectivity index (χ0v) is 10.8. The highest BCUT2D eigenvalue weighted by Crippen LogP contribution is 2.08. The fourth-order valence-electron chi connectivity index (χ4n) is 1.51. The molecule has 1 rings (SSSR count). The lowest BCUT2D eigenvalue weighted by Crippen LogP contribution is -2.42. The van der Waals surface area contributed by atoms with E-state index >= 15 is 0 Å². The largest absolute Gasteiger partial charge is 0.444 e. The van der Waals surface area contributed by atoms with Crippen molar-refractivity contribution in [2.75, 3.05) is 6.61 Å². The number of carbonyl (C=O) groups excluding carboxylic acids is 1. The Hall–Kier alpha value is -1.55. The van der Waals surface area contributed by atoms with Gasteiger partial charge >= 0.3 is 6.09 Å². The molecule has 0 aliphatic heterocycles. The van der Waals surface area contributed by atoms with Gasteiger partial charge in [0.2, 0.25) is 0 Å². The fraction of sp³-hybridized carbons (Fsp3) is 0.500. The number of carbonyl (C=O) groups is 1. The number of hydrogen-bond acceptors (Lipinski definition) is 3. The molecule has 0 aliphatic carbocycles. The molecule has 1 aromatic carbocycles. The SMILES string of the molecule is [2H]CC(C)(C)OC(=O)N[C@H](CO)Cc1ccccc1. The zero-order valence-electron chi connectivity index (χ0n) is 11.8. The van der Waals surface area contributed by atoms with Crippen molar-refractivity contribution in [3.8, 4) is 0 Å². The molecule has 2 N–H and O–H groups in total. The van der Waals surface area contributed by atoms with Gasteiger partial charge in [0.15, 0.2) is 0 Å². The molecular formula is C14H21NO3. The van der Waals surface area contributed by atoms with Crippen LogP contribution in [0, 0.1) is 0 Å². The minimum Gasteiger partial charge on any atom is -0.444 e. The van der Waals surface area contributed by atoms with Crippen LogP contribution in [0.3, 0.4) is 0 Å². The number of ether oxygens (including phenoxy) is 1. The van der Waals surface area contributed by atoms with Crippen LogP contribution in [-0.2, 0) is 11.2 Å². The second kappa shape index (κ2) is 6.40. The molecule has 4 nitrogen and oxygen atoms in total. The van der Waals surface area contributed by atoms with Crippen LogP contribution in [0.4, 0.5) is 4.79 Å². The summed E-state index contributed by atoms with van der Waals surface area (Å²) >= 11 is 0. The molecule has 1 atom stereocenters. The van der Waals surface area contributed by atoms with E-state index in [0.717, 1.165) is 5.56 Å². The number of nitrogens with one attached hydrogen (secondary N) is 1. The molecule has 0 saturated carbocycles. The molecule has 0 bridgehead atoms. The Bertz CT molecular complexity index is 395. The van der Waals surface area contributed by atoms with Crippen LogP contribution in [-0.4, -0.2) is 29.4 Å². The molecule has 100 valence electrons. The molecule has 4 heteroatoms. The molecule has 18 heavy (non-hydrogen) atoms. The smallest absolute Gasteiger partial charge is 0.407 e. The summed E-state index contributed by atoms with van der Waals surface area (Å²) in [6, 6.07) is 9.20. The lowest BCUT2D eigenvalue weighted by molar-refractivity contribution is 0.0483. The predicted molar refractivity (Wildman–Crippen MR) is 70.4 cm³/mol. The molecule has 0 saturated heterocycles. The van der Waals surface area contributed by atoms with Gasteiger partial charge in [0, 0.05) is 1.37 Å². The van der Waals surface area contributed by atoms with E-state index in [1.165, 1.54) is 0 Å². The van der Waals surface area contributed by atoms with Crippen LogP contribution in [0.15, 0.2) is 30.3 Å². The van der Waals surface area contributed by atoms with Crippen LogP contribution in [0.25, 0.3) is 0 Å². The number of amides is 1. The van der Waals surface area contributed by atoms with E-state index in [2.05, 4.69) is 5.32 Å². The standard InChI is InChI=1S/C14H21NO3/c1-14(2,3)18-13(17)15-12(10-16)9-11-7-5-4-6-8-11/h4-8,12,16H,9-10H2,1-3H3,(H,15,17)/t12-/m0/s1/i1D. The van der Waals surface area contributed by atoms with Gasteiger partial charge in [-0.15, -0.1) is 0 Å².